The Bertz CT molecular complexity index is 291. The van der Waals surface area contributed by atoms with E-state index >= 15 is 0 Å². The molecule has 0 saturated heterocycles. The van der Waals surface area contributed by atoms with Crippen molar-refractivity contribution in [2.75, 3.05) is 0 Å². The Morgan fingerprint density at radius 2 is 1.64 bits per heavy atom. The van der Waals surface area contributed by atoms with Gasteiger partial charge in [-0.3, -0.25) is 9.59 Å². The van der Waals surface area contributed by atoms with Gasteiger partial charge < -0.3 is 5.11 Å². The molecule has 76 valence electrons. The summed E-state index contributed by atoms with van der Waals surface area (Å²) in [5, 5.41) is 7.72. The van der Waals surface area contributed by atoms with Crippen molar-refractivity contribution in [2.45, 2.75) is 20.3 Å². The van der Waals surface area contributed by atoms with Crippen molar-refractivity contribution in [3.8, 4) is 0 Å². The van der Waals surface area contributed by atoms with E-state index in [2.05, 4.69) is 0 Å². The van der Waals surface area contributed by atoms with Crippen LogP contribution in [0, 0.1) is 0 Å². The Balaban J connectivity index is 0.000000292. The van der Waals surface area contributed by atoms with Gasteiger partial charge in [-0.05, 0) is 6.92 Å². The summed E-state index contributed by atoms with van der Waals surface area (Å²) in [4.78, 5) is 20.0. The first-order valence-electron chi connectivity index (χ1n) is 4.35. The Morgan fingerprint density at radius 1 is 1.21 bits per heavy atom. The molecule has 3 nitrogen and oxygen atoms in total. The molecule has 0 aliphatic carbocycles. The van der Waals surface area contributed by atoms with E-state index in [1.54, 1.807) is 13.8 Å². The van der Waals surface area contributed by atoms with Crippen LogP contribution in [0.25, 0.3) is 0 Å². The highest BCUT2D eigenvalue weighted by molar-refractivity contribution is 5.93. The molecule has 0 unspecified atom stereocenters. The number of ketones is 1. The van der Waals surface area contributed by atoms with Gasteiger partial charge in [0.25, 0.3) is 0 Å². The SMILES string of the molecule is CC(=O)c1ccccc1.CCC(=O)O. The average molecular weight is 194 g/mol. The van der Waals surface area contributed by atoms with E-state index in [4.69, 9.17) is 5.11 Å². The molecule has 0 aliphatic rings. The lowest BCUT2D eigenvalue weighted by Crippen LogP contribution is -1.88. The molecule has 0 fully saturated rings. The van der Waals surface area contributed by atoms with Crippen LogP contribution in [0.4, 0.5) is 0 Å². The van der Waals surface area contributed by atoms with Gasteiger partial charge in [0, 0.05) is 12.0 Å². The topological polar surface area (TPSA) is 54.4 Å². The lowest BCUT2D eigenvalue weighted by molar-refractivity contribution is -0.136. The molecule has 0 amide bonds. The second-order valence-corrected chi connectivity index (χ2v) is 2.67. The second kappa shape index (κ2) is 6.83. The highest BCUT2D eigenvalue weighted by atomic mass is 16.4. The van der Waals surface area contributed by atoms with Crippen LogP contribution in [0.15, 0.2) is 30.3 Å². The van der Waals surface area contributed by atoms with Crippen molar-refractivity contribution in [1.82, 2.24) is 0 Å². The van der Waals surface area contributed by atoms with E-state index in [-0.39, 0.29) is 12.2 Å². The van der Waals surface area contributed by atoms with Gasteiger partial charge >= 0.3 is 5.97 Å². The molecule has 1 rings (SSSR count). The normalized spacial score (nSPS) is 8.43. The van der Waals surface area contributed by atoms with Crippen LogP contribution >= 0.6 is 0 Å². The Labute approximate surface area is 83.4 Å². The number of carbonyl (C=O) groups is 2. The van der Waals surface area contributed by atoms with Crippen LogP contribution in [0.1, 0.15) is 30.6 Å². The van der Waals surface area contributed by atoms with Crippen LogP contribution in [-0.4, -0.2) is 16.9 Å². The van der Waals surface area contributed by atoms with Crippen molar-refractivity contribution < 1.29 is 14.7 Å². The monoisotopic (exact) mass is 194 g/mol. The highest BCUT2D eigenvalue weighted by Crippen LogP contribution is 1.97. The minimum Gasteiger partial charge on any atom is -0.481 e. The molecule has 1 N–H and O–H groups in total. The zero-order chi connectivity index (χ0) is 11.0. The van der Waals surface area contributed by atoms with Gasteiger partial charge in [-0.15, -0.1) is 0 Å². The number of Topliss-reactive ketones (excluding diaryl/α,β-unsaturated/α-hetero) is 1. The van der Waals surface area contributed by atoms with Crippen molar-refractivity contribution >= 4 is 11.8 Å². The summed E-state index contributed by atoms with van der Waals surface area (Å²) in [6.45, 7) is 3.16. The van der Waals surface area contributed by atoms with Gasteiger partial charge in [-0.2, -0.15) is 0 Å². The number of hydrogen-bond donors (Lipinski definition) is 1. The van der Waals surface area contributed by atoms with Crippen molar-refractivity contribution in [1.29, 1.82) is 0 Å². The summed E-state index contributed by atoms with van der Waals surface area (Å²) in [6.07, 6.45) is 0.222. The van der Waals surface area contributed by atoms with Crippen LogP contribution in [0.5, 0.6) is 0 Å². The maximum atomic E-state index is 10.6. The fourth-order valence-corrected chi connectivity index (χ4v) is 0.673. The molecule has 0 heterocycles. The molecule has 0 aromatic heterocycles. The van der Waals surface area contributed by atoms with E-state index in [1.165, 1.54) is 0 Å². The zero-order valence-corrected chi connectivity index (χ0v) is 8.36. The van der Waals surface area contributed by atoms with Crippen LogP contribution in [0.2, 0.25) is 0 Å². The molecule has 0 saturated carbocycles. The molecule has 0 aliphatic heterocycles. The van der Waals surface area contributed by atoms with Gasteiger partial charge in [0.05, 0.1) is 0 Å². The van der Waals surface area contributed by atoms with Gasteiger partial charge in [-0.25, -0.2) is 0 Å². The fraction of sp³-hybridized carbons (Fsp3) is 0.273. The van der Waals surface area contributed by atoms with Gasteiger partial charge in [0.2, 0.25) is 0 Å². The van der Waals surface area contributed by atoms with E-state index in [0.717, 1.165) is 5.56 Å². The Hall–Kier alpha value is -1.64. The minimum absolute atomic E-state index is 0.121. The third kappa shape index (κ3) is 5.94. The van der Waals surface area contributed by atoms with E-state index in [9.17, 15) is 9.59 Å². The molecule has 0 spiro atoms. The molecule has 14 heavy (non-hydrogen) atoms. The maximum Gasteiger partial charge on any atom is 0.303 e. The second-order valence-electron chi connectivity index (χ2n) is 2.67. The van der Waals surface area contributed by atoms with Crippen LogP contribution < -0.4 is 0 Å². The number of carboxylic acid groups (broad SMARTS) is 1. The predicted molar refractivity (Wildman–Crippen MR) is 54.4 cm³/mol. The molecular formula is C11H14O3. The average Bonchev–Trinajstić information content (AvgIpc) is 2.20. The molecule has 3 heteroatoms. The number of carbonyl (C=O) groups excluding carboxylic acids is 1. The number of aliphatic carboxylic acids is 1. The number of rotatable bonds is 2. The summed E-state index contributed by atoms with van der Waals surface area (Å²) in [6, 6.07) is 9.23. The smallest absolute Gasteiger partial charge is 0.303 e. The largest absolute Gasteiger partial charge is 0.481 e. The maximum absolute atomic E-state index is 10.6. The third-order valence-corrected chi connectivity index (χ3v) is 1.48. The van der Waals surface area contributed by atoms with Crippen LogP contribution in [0.3, 0.4) is 0 Å². The first kappa shape index (κ1) is 12.4. The minimum atomic E-state index is -0.745. The predicted octanol–water partition coefficient (Wildman–Crippen LogP) is 2.37. The molecule has 1 aromatic rings. The van der Waals surface area contributed by atoms with E-state index < -0.39 is 5.97 Å². The molecule has 0 radical (unpaired) electrons. The Kier molecular flexibility index (Phi) is 6.03. The number of hydrogen-bond acceptors (Lipinski definition) is 2. The molecular weight excluding hydrogens is 180 g/mol. The lowest BCUT2D eigenvalue weighted by atomic mass is 10.2. The van der Waals surface area contributed by atoms with E-state index in [1.807, 2.05) is 30.3 Å². The number of carboxylic acids is 1. The zero-order valence-electron chi connectivity index (χ0n) is 8.36. The Morgan fingerprint density at radius 3 is 1.86 bits per heavy atom. The van der Waals surface area contributed by atoms with Crippen molar-refractivity contribution in [3.05, 3.63) is 35.9 Å². The third-order valence-electron chi connectivity index (χ3n) is 1.48. The van der Waals surface area contributed by atoms with E-state index in [0.29, 0.717) is 0 Å². The number of benzene rings is 1. The fourth-order valence-electron chi connectivity index (χ4n) is 0.673. The first-order chi connectivity index (χ1) is 6.57. The van der Waals surface area contributed by atoms with Crippen molar-refractivity contribution in [2.24, 2.45) is 0 Å². The van der Waals surface area contributed by atoms with Gasteiger partial charge in [0.1, 0.15) is 0 Å². The quantitative estimate of drug-likeness (QED) is 0.735. The summed E-state index contributed by atoms with van der Waals surface area (Å²) >= 11 is 0. The summed E-state index contributed by atoms with van der Waals surface area (Å²) < 4.78 is 0. The summed E-state index contributed by atoms with van der Waals surface area (Å²) in [5.74, 6) is -0.624. The standard InChI is InChI=1S/C8H8O.C3H6O2/c1-7(9)8-5-3-2-4-6-8;1-2-3(4)5/h2-6H,1H3;2H2,1H3,(H,4,5). The van der Waals surface area contributed by atoms with Gasteiger partial charge in [-0.1, -0.05) is 37.3 Å². The van der Waals surface area contributed by atoms with Crippen molar-refractivity contribution in [3.63, 3.8) is 0 Å². The summed E-state index contributed by atoms with van der Waals surface area (Å²) in [5.41, 5.74) is 0.775. The summed E-state index contributed by atoms with van der Waals surface area (Å²) in [7, 11) is 0. The highest BCUT2D eigenvalue weighted by Gasteiger charge is 1.92. The molecule has 0 bridgehead atoms. The molecule has 0 atom stereocenters. The van der Waals surface area contributed by atoms with Gasteiger partial charge in [0.15, 0.2) is 5.78 Å². The van der Waals surface area contributed by atoms with Crippen LogP contribution in [-0.2, 0) is 4.79 Å². The molecule has 1 aromatic carbocycles. The lowest BCUT2D eigenvalue weighted by Gasteiger charge is -1.89. The first-order valence-corrected chi connectivity index (χ1v) is 4.35.